The smallest absolute Gasteiger partial charge is 0.146 e. The Balaban J connectivity index is 2.20. The summed E-state index contributed by atoms with van der Waals surface area (Å²) in [5.41, 5.74) is 3.80. The second-order valence-electron chi connectivity index (χ2n) is 5.33. The molecule has 24 heavy (non-hydrogen) atoms. The largest absolute Gasteiger partial charge is 0.494 e. The number of nitrogens with zero attached hydrogens (tertiary/aromatic N) is 3. The van der Waals surface area contributed by atoms with E-state index in [9.17, 15) is 0 Å². The highest BCUT2D eigenvalue weighted by molar-refractivity contribution is 7.99. The van der Waals surface area contributed by atoms with E-state index in [0.29, 0.717) is 5.15 Å². The minimum atomic E-state index is 0.450. The van der Waals surface area contributed by atoms with Gasteiger partial charge in [0.15, 0.2) is 0 Å². The first kappa shape index (κ1) is 16.9. The fourth-order valence-electron chi connectivity index (χ4n) is 2.69. The number of aryl methyl sites for hydroxylation is 1. The second-order valence-corrected chi connectivity index (χ2v) is 6.33. The number of ether oxygens (including phenoxy) is 1. The van der Waals surface area contributed by atoms with Crippen molar-refractivity contribution in [1.82, 2.24) is 14.8 Å². The summed E-state index contributed by atoms with van der Waals surface area (Å²) in [7, 11) is 1.66. The van der Waals surface area contributed by atoms with Crippen LogP contribution in [0.15, 0.2) is 30.5 Å². The lowest BCUT2D eigenvalue weighted by atomic mass is 10.2. The Kier molecular flexibility index (Phi) is 5.16. The van der Waals surface area contributed by atoms with E-state index in [1.807, 2.05) is 35.2 Å². The molecule has 3 rings (SSSR count). The molecule has 0 amide bonds. The molecule has 0 saturated heterocycles. The van der Waals surface area contributed by atoms with Crippen LogP contribution < -0.4 is 9.46 Å². The molecule has 1 aromatic carbocycles. The number of hydrogen-bond donors (Lipinski definition) is 1. The maximum atomic E-state index is 6.11. The average Bonchev–Trinajstić information content (AvgIpc) is 2.93. The van der Waals surface area contributed by atoms with E-state index in [1.54, 1.807) is 13.3 Å². The molecular weight excluding hydrogens is 344 g/mol. The van der Waals surface area contributed by atoms with Crippen LogP contribution in [0, 0.1) is 0 Å². The number of nitrogens with one attached hydrogen (secondary N) is 1. The van der Waals surface area contributed by atoms with Gasteiger partial charge in [0, 0.05) is 35.7 Å². The van der Waals surface area contributed by atoms with Gasteiger partial charge in [-0.15, -0.1) is 0 Å². The molecule has 2 heterocycles. The maximum Gasteiger partial charge on any atom is 0.146 e. The number of benzene rings is 1. The molecular formula is C17H19ClN4OS. The van der Waals surface area contributed by atoms with Gasteiger partial charge < -0.3 is 9.46 Å². The van der Waals surface area contributed by atoms with Gasteiger partial charge in [0.05, 0.1) is 18.3 Å². The molecule has 0 saturated carbocycles. The van der Waals surface area contributed by atoms with Gasteiger partial charge in [0.1, 0.15) is 16.6 Å². The third-order valence-corrected chi connectivity index (χ3v) is 4.37. The van der Waals surface area contributed by atoms with Crippen molar-refractivity contribution >= 4 is 40.1 Å². The van der Waals surface area contributed by atoms with Crippen LogP contribution >= 0.6 is 23.5 Å². The standard InChI is InChI=1S/C17H19ClN4OS/c1-4-5-13-12-10-19-17(18)9-15(12)22(20-13)14-7-6-11(21-24-3)8-16(14)23-2/h6-10,21H,4-5H2,1-3H3. The molecule has 0 spiro atoms. The van der Waals surface area contributed by atoms with E-state index in [2.05, 4.69) is 16.6 Å². The van der Waals surface area contributed by atoms with Gasteiger partial charge in [-0.1, -0.05) is 36.9 Å². The molecule has 0 unspecified atom stereocenters. The molecule has 126 valence electrons. The zero-order valence-corrected chi connectivity index (χ0v) is 15.4. The lowest BCUT2D eigenvalue weighted by Gasteiger charge is -2.12. The van der Waals surface area contributed by atoms with Gasteiger partial charge in [0.25, 0.3) is 0 Å². The number of halogens is 1. The minimum absolute atomic E-state index is 0.450. The van der Waals surface area contributed by atoms with E-state index in [1.165, 1.54) is 11.9 Å². The van der Waals surface area contributed by atoms with E-state index in [4.69, 9.17) is 21.4 Å². The zero-order chi connectivity index (χ0) is 17.1. The summed E-state index contributed by atoms with van der Waals surface area (Å²) >= 11 is 7.65. The van der Waals surface area contributed by atoms with E-state index in [-0.39, 0.29) is 0 Å². The predicted molar refractivity (Wildman–Crippen MR) is 102 cm³/mol. The van der Waals surface area contributed by atoms with Crippen LogP contribution in [0.3, 0.4) is 0 Å². The first-order valence-corrected chi connectivity index (χ1v) is 9.28. The van der Waals surface area contributed by atoms with Gasteiger partial charge in [-0.05, 0) is 18.6 Å². The number of anilines is 1. The molecule has 0 radical (unpaired) electrons. The summed E-state index contributed by atoms with van der Waals surface area (Å²) in [4.78, 5) is 4.21. The van der Waals surface area contributed by atoms with Crippen molar-refractivity contribution in [2.45, 2.75) is 19.8 Å². The van der Waals surface area contributed by atoms with E-state index < -0.39 is 0 Å². The quantitative estimate of drug-likeness (QED) is 0.507. The monoisotopic (exact) mass is 362 g/mol. The predicted octanol–water partition coefficient (Wildman–Crippen LogP) is 4.72. The molecule has 0 aliphatic carbocycles. The van der Waals surface area contributed by atoms with Crippen LogP contribution in [0.1, 0.15) is 19.0 Å². The molecule has 0 aliphatic rings. The fraction of sp³-hybridized carbons (Fsp3) is 0.294. The number of hydrogen-bond acceptors (Lipinski definition) is 5. The first-order valence-electron chi connectivity index (χ1n) is 7.68. The normalized spacial score (nSPS) is 11.0. The van der Waals surface area contributed by atoms with E-state index >= 15 is 0 Å². The van der Waals surface area contributed by atoms with Crippen molar-refractivity contribution < 1.29 is 4.74 Å². The van der Waals surface area contributed by atoms with Gasteiger partial charge in [-0.25, -0.2) is 9.67 Å². The van der Waals surface area contributed by atoms with Crippen molar-refractivity contribution in [2.24, 2.45) is 0 Å². The van der Waals surface area contributed by atoms with Crippen molar-refractivity contribution in [2.75, 3.05) is 18.1 Å². The average molecular weight is 363 g/mol. The zero-order valence-electron chi connectivity index (χ0n) is 13.8. The summed E-state index contributed by atoms with van der Waals surface area (Å²) in [6, 6.07) is 7.80. The molecule has 7 heteroatoms. The molecule has 5 nitrogen and oxygen atoms in total. The topological polar surface area (TPSA) is 52.0 Å². The number of methoxy groups -OCH3 is 1. The lowest BCUT2D eigenvalue weighted by molar-refractivity contribution is 0.412. The van der Waals surface area contributed by atoms with Gasteiger partial charge in [0.2, 0.25) is 0 Å². The Hall–Kier alpha value is -1.92. The van der Waals surface area contributed by atoms with Crippen molar-refractivity contribution in [1.29, 1.82) is 0 Å². The van der Waals surface area contributed by atoms with Crippen molar-refractivity contribution in [3.8, 4) is 11.4 Å². The van der Waals surface area contributed by atoms with Crippen LogP contribution in [-0.4, -0.2) is 28.1 Å². The lowest BCUT2D eigenvalue weighted by Crippen LogP contribution is -2.01. The molecule has 0 atom stereocenters. The Morgan fingerprint density at radius 3 is 2.88 bits per heavy atom. The number of aromatic nitrogens is 3. The maximum absolute atomic E-state index is 6.11. The highest BCUT2D eigenvalue weighted by atomic mass is 35.5. The Morgan fingerprint density at radius 2 is 2.17 bits per heavy atom. The summed E-state index contributed by atoms with van der Waals surface area (Å²) < 4.78 is 10.7. The Bertz CT molecular complexity index is 865. The summed E-state index contributed by atoms with van der Waals surface area (Å²) in [6.07, 6.45) is 5.68. The number of rotatable bonds is 6. The molecule has 2 aromatic heterocycles. The van der Waals surface area contributed by atoms with Crippen LogP contribution in [0.4, 0.5) is 5.69 Å². The van der Waals surface area contributed by atoms with Gasteiger partial charge in [-0.3, -0.25) is 0 Å². The second kappa shape index (κ2) is 7.32. The van der Waals surface area contributed by atoms with Crippen molar-refractivity contribution in [3.63, 3.8) is 0 Å². The van der Waals surface area contributed by atoms with Crippen LogP contribution in [0.5, 0.6) is 5.75 Å². The van der Waals surface area contributed by atoms with Gasteiger partial charge >= 0.3 is 0 Å². The Labute approximate surface area is 150 Å². The van der Waals surface area contributed by atoms with Crippen molar-refractivity contribution in [3.05, 3.63) is 41.3 Å². The van der Waals surface area contributed by atoms with Crippen LogP contribution in [0.2, 0.25) is 5.15 Å². The number of pyridine rings is 1. The van der Waals surface area contributed by atoms with Crippen LogP contribution in [0.25, 0.3) is 16.6 Å². The van der Waals surface area contributed by atoms with Crippen LogP contribution in [-0.2, 0) is 6.42 Å². The first-order chi connectivity index (χ1) is 11.7. The third-order valence-electron chi connectivity index (χ3n) is 3.72. The molecule has 0 aliphatic heterocycles. The number of fused-ring (bicyclic) bond motifs is 1. The summed E-state index contributed by atoms with van der Waals surface area (Å²) in [5, 5.41) is 6.26. The van der Waals surface area contributed by atoms with Gasteiger partial charge in [-0.2, -0.15) is 5.10 Å². The highest BCUT2D eigenvalue weighted by Gasteiger charge is 2.16. The third kappa shape index (κ3) is 3.16. The summed E-state index contributed by atoms with van der Waals surface area (Å²) in [6.45, 7) is 2.14. The molecule has 3 aromatic rings. The minimum Gasteiger partial charge on any atom is -0.494 e. The molecule has 1 N–H and O–H groups in total. The Morgan fingerprint density at radius 1 is 1.33 bits per heavy atom. The van der Waals surface area contributed by atoms with E-state index in [0.717, 1.165) is 46.6 Å². The summed E-state index contributed by atoms with van der Waals surface area (Å²) in [5.74, 6) is 0.745. The molecule has 0 fully saturated rings. The fourth-order valence-corrected chi connectivity index (χ4v) is 3.20. The molecule has 0 bridgehead atoms. The SMILES string of the molecule is CCCc1nn(-c2ccc(NSC)cc2OC)c2cc(Cl)ncc12. The highest BCUT2D eigenvalue weighted by Crippen LogP contribution is 2.31.